The van der Waals surface area contributed by atoms with Crippen LogP contribution in [-0.4, -0.2) is 11.2 Å². The fraction of sp³-hybridized carbons (Fsp3) is 0.800. The molecule has 1 heteroatoms. The molecule has 2 aliphatic rings. The third-order valence-electron chi connectivity index (χ3n) is 3.34. The van der Waals surface area contributed by atoms with E-state index < -0.39 is 0 Å². The molecular formula is C10H14O. The van der Waals surface area contributed by atoms with Crippen molar-refractivity contribution in [2.24, 2.45) is 11.3 Å². The van der Waals surface area contributed by atoms with Crippen LogP contribution in [0, 0.1) is 23.7 Å². The van der Waals surface area contributed by atoms with Crippen molar-refractivity contribution in [3.8, 4) is 12.3 Å². The van der Waals surface area contributed by atoms with Crippen molar-refractivity contribution in [3.05, 3.63) is 0 Å². The van der Waals surface area contributed by atoms with Crippen molar-refractivity contribution in [2.75, 3.05) is 0 Å². The van der Waals surface area contributed by atoms with Gasteiger partial charge in [-0.1, -0.05) is 0 Å². The highest BCUT2D eigenvalue weighted by atomic mass is 16.3. The van der Waals surface area contributed by atoms with Crippen molar-refractivity contribution in [3.63, 3.8) is 0 Å². The van der Waals surface area contributed by atoms with Gasteiger partial charge in [0.15, 0.2) is 0 Å². The number of terminal acetylenes is 1. The van der Waals surface area contributed by atoms with Crippen LogP contribution < -0.4 is 0 Å². The van der Waals surface area contributed by atoms with E-state index in [0.29, 0.717) is 11.3 Å². The lowest BCUT2D eigenvalue weighted by atomic mass is 9.83. The fourth-order valence-electron chi connectivity index (χ4n) is 2.31. The first-order valence-electron chi connectivity index (χ1n) is 4.41. The molecule has 1 nitrogen and oxygen atoms in total. The van der Waals surface area contributed by atoms with Gasteiger partial charge in [0.25, 0.3) is 0 Å². The van der Waals surface area contributed by atoms with Crippen LogP contribution in [0.3, 0.4) is 0 Å². The topological polar surface area (TPSA) is 20.2 Å². The van der Waals surface area contributed by atoms with Crippen LogP contribution in [0.2, 0.25) is 0 Å². The average Bonchev–Trinajstić information content (AvgIpc) is 2.71. The summed E-state index contributed by atoms with van der Waals surface area (Å²) >= 11 is 0. The van der Waals surface area contributed by atoms with Crippen molar-refractivity contribution < 1.29 is 5.11 Å². The highest BCUT2D eigenvalue weighted by Crippen LogP contribution is 2.60. The molecule has 1 spiro atoms. The maximum atomic E-state index is 9.28. The number of aliphatic hydroxyl groups excluding tert-OH is 1. The molecule has 1 unspecified atom stereocenters. The van der Waals surface area contributed by atoms with Gasteiger partial charge in [-0.2, -0.15) is 0 Å². The van der Waals surface area contributed by atoms with Gasteiger partial charge < -0.3 is 5.11 Å². The Balaban J connectivity index is 1.95. The molecule has 0 aliphatic heterocycles. The van der Waals surface area contributed by atoms with E-state index in [-0.39, 0.29) is 6.10 Å². The molecule has 2 aliphatic carbocycles. The van der Waals surface area contributed by atoms with Crippen LogP contribution in [0.4, 0.5) is 0 Å². The minimum absolute atomic E-state index is 0.0420. The van der Waals surface area contributed by atoms with E-state index in [9.17, 15) is 5.11 Å². The van der Waals surface area contributed by atoms with Crippen molar-refractivity contribution in [1.82, 2.24) is 0 Å². The van der Waals surface area contributed by atoms with Gasteiger partial charge in [-0.3, -0.25) is 0 Å². The van der Waals surface area contributed by atoms with E-state index in [4.69, 9.17) is 6.42 Å². The zero-order valence-corrected chi connectivity index (χ0v) is 6.71. The highest BCUT2D eigenvalue weighted by Gasteiger charge is 2.53. The summed E-state index contributed by atoms with van der Waals surface area (Å²) in [4.78, 5) is 0. The van der Waals surface area contributed by atoms with Gasteiger partial charge in [0.2, 0.25) is 0 Å². The third kappa shape index (κ3) is 1.06. The van der Waals surface area contributed by atoms with Crippen LogP contribution >= 0.6 is 0 Å². The quantitative estimate of drug-likeness (QED) is 0.519. The molecule has 0 aromatic rings. The van der Waals surface area contributed by atoms with Gasteiger partial charge in [-0.15, -0.1) is 12.3 Å². The van der Waals surface area contributed by atoms with Crippen molar-refractivity contribution in [2.45, 2.75) is 38.2 Å². The molecule has 0 saturated heterocycles. The summed E-state index contributed by atoms with van der Waals surface area (Å²) in [6.45, 7) is 0. The van der Waals surface area contributed by atoms with Gasteiger partial charge in [-0.05, 0) is 37.5 Å². The third-order valence-corrected chi connectivity index (χ3v) is 3.34. The Morgan fingerprint density at radius 2 is 2.00 bits per heavy atom. The summed E-state index contributed by atoms with van der Waals surface area (Å²) < 4.78 is 0. The molecule has 0 radical (unpaired) electrons. The first-order valence-corrected chi connectivity index (χ1v) is 4.41. The Morgan fingerprint density at radius 1 is 1.36 bits per heavy atom. The number of hydrogen-bond acceptors (Lipinski definition) is 1. The van der Waals surface area contributed by atoms with E-state index in [1.54, 1.807) is 0 Å². The molecule has 1 atom stereocenters. The molecular weight excluding hydrogens is 136 g/mol. The Labute approximate surface area is 67.8 Å². The van der Waals surface area contributed by atoms with E-state index in [1.165, 1.54) is 6.42 Å². The molecule has 60 valence electrons. The minimum atomic E-state index is -0.0420. The van der Waals surface area contributed by atoms with E-state index in [2.05, 4.69) is 5.92 Å². The highest BCUT2D eigenvalue weighted by molar-refractivity contribution is 5.17. The summed E-state index contributed by atoms with van der Waals surface area (Å²) in [5.41, 5.74) is 0.480. The average molecular weight is 150 g/mol. The summed E-state index contributed by atoms with van der Waals surface area (Å²) in [7, 11) is 0. The van der Waals surface area contributed by atoms with E-state index >= 15 is 0 Å². The van der Waals surface area contributed by atoms with Crippen LogP contribution in [0.5, 0.6) is 0 Å². The zero-order chi connectivity index (χ0) is 7.90. The summed E-state index contributed by atoms with van der Waals surface area (Å²) in [5, 5.41) is 9.28. The standard InChI is InChI=1S/C10H14O/c1-2-8-7-10(8)5-3-9(11)4-6-10/h1,8-9,11H,3-7H2. The zero-order valence-electron chi connectivity index (χ0n) is 6.71. The summed E-state index contributed by atoms with van der Waals surface area (Å²) in [5.74, 6) is 3.37. The second-order valence-corrected chi connectivity index (χ2v) is 4.02. The first kappa shape index (κ1) is 7.18. The monoisotopic (exact) mass is 150 g/mol. The molecule has 0 bridgehead atoms. The number of hydrogen-bond donors (Lipinski definition) is 1. The van der Waals surface area contributed by atoms with Crippen LogP contribution in [0.15, 0.2) is 0 Å². The maximum absolute atomic E-state index is 9.28. The molecule has 0 amide bonds. The molecule has 11 heavy (non-hydrogen) atoms. The molecule has 0 heterocycles. The van der Waals surface area contributed by atoms with Crippen LogP contribution in [0.25, 0.3) is 0 Å². The molecule has 2 fully saturated rings. The van der Waals surface area contributed by atoms with Crippen molar-refractivity contribution >= 4 is 0 Å². The Morgan fingerprint density at radius 3 is 2.45 bits per heavy atom. The van der Waals surface area contributed by atoms with E-state index in [0.717, 1.165) is 25.7 Å². The molecule has 2 rings (SSSR count). The lowest BCUT2D eigenvalue weighted by molar-refractivity contribution is 0.0995. The normalized spacial score (nSPS) is 48.7. The smallest absolute Gasteiger partial charge is 0.0540 e. The minimum Gasteiger partial charge on any atom is -0.393 e. The van der Waals surface area contributed by atoms with Gasteiger partial charge >= 0.3 is 0 Å². The number of rotatable bonds is 0. The van der Waals surface area contributed by atoms with Gasteiger partial charge in [-0.25, -0.2) is 0 Å². The lowest BCUT2D eigenvalue weighted by Gasteiger charge is -2.25. The van der Waals surface area contributed by atoms with Gasteiger partial charge in [0, 0.05) is 5.92 Å². The Bertz CT molecular complexity index is 193. The predicted octanol–water partition coefficient (Wildman–Crippen LogP) is 1.56. The Kier molecular flexibility index (Phi) is 1.47. The SMILES string of the molecule is C#CC1CC12CCC(O)CC2. The molecule has 1 N–H and O–H groups in total. The molecule has 0 aromatic heterocycles. The van der Waals surface area contributed by atoms with Gasteiger partial charge in [0.1, 0.15) is 0 Å². The number of aliphatic hydroxyl groups is 1. The Hall–Kier alpha value is -0.480. The second-order valence-electron chi connectivity index (χ2n) is 4.02. The van der Waals surface area contributed by atoms with E-state index in [1.807, 2.05) is 0 Å². The largest absolute Gasteiger partial charge is 0.393 e. The maximum Gasteiger partial charge on any atom is 0.0540 e. The van der Waals surface area contributed by atoms with Crippen LogP contribution in [-0.2, 0) is 0 Å². The van der Waals surface area contributed by atoms with Crippen molar-refractivity contribution in [1.29, 1.82) is 0 Å². The predicted molar refractivity (Wildman–Crippen MR) is 43.8 cm³/mol. The summed E-state index contributed by atoms with van der Waals surface area (Å²) in [6.07, 6.45) is 10.8. The van der Waals surface area contributed by atoms with Crippen LogP contribution in [0.1, 0.15) is 32.1 Å². The fourth-order valence-corrected chi connectivity index (χ4v) is 2.31. The lowest BCUT2D eigenvalue weighted by Crippen LogP contribution is -2.20. The van der Waals surface area contributed by atoms with Gasteiger partial charge in [0.05, 0.1) is 6.10 Å². The second kappa shape index (κ2) is 2.25. The molecule has 2 saturated carbocycles. The molecule has 0 aromatic carbocycles. The first-order chi connectivity index (χ1) is 5.27. The summed E-state index contributed by atoms with van der Waals surface area (Å²) in [6, 6.07) is 0.